The van der Waals surface area contributed by atoms with Crippen LogP contribution in [0.25, 0.3) is 4.47 Å². The minimum atomic E-state index is 0.426. The summed E-state index contributed by atoms with van der Waals surface area (Å²) in [4.78, 5) is 5.08. The number of nitrogens with zero attached hydrogens (tertiary/aromatic N) is 1. The molecule has 3 rings (SSSR count). The number of aliphatic imine (C=N–C) groups is 1. The Balaban J connectivity index is 1.92. The topological polar surface area (TPSA) is 12.4 Å². The maximum atomic E-state index is 5.08. The Kier molecular flexibility index (Phi) is 3.67. The molecular formula is C16H19NSe. The fourth-order valence-electron chi connectivity index (χ4n) is 2.78. The molecule has 0 unspecified atom stereocenters. The van der Waals surface area contributed by atoms with Crippen molar-refractivity contribution in [2.45, 2.75) is 45.1 Å². The number of allylic oxidation sites excluding steroid dienone is 1. The first kappa shape index (κ1) is 12.2. The zero-order chi connectivity index (χ0) is 12.4. The molecule has 1 nitrogen and oxygen atoms in total. The van der Waals surface area contributed by atoms with Gasteiger partial charge in [-0.15, -0.1) is 0 Å². The van der Waals surface area contributed by atoms with E-state index < -0.39 is 0 Å². The maximum absolute atomic E-state index is 5.08. The predicted molar refractivity (Wildman–Crippen MR) is 79.3 cm³/mol. The first-order chi connectivity index (χ1) is 8.88. The molecule has 0 saturated heterocycles. The molecule has 1 aliphatic carbocycles. The number of fused-ring (bicyclic) bond motifs is 1. The molecule has 2 heteroatoms. The number of hydrogen-bond donors (Lipinski definition) is 0. The number of rotatable bonds is 1. The molecule has 1 heterocycles. The Labute approximate surface area is 116 Å². The van der Waals surface area contributed by atoms with Crippen LogP contribution in [0.5, 0.6) is 0 Å². The summed E-state index contributed by atoms with van der Waals surface area (Å²) in [6, 6.07) is 9.37. The monoisotopic (exact) mass is 305 g/mol. The molecule has 0 spiro atoms. The van der Waals surface area contributed by atoms with Crippen molar-refractivity contribution in [1.29, 1.82) is 0 Å². The van der Waals surface area contributed by atoms with Crippen LogP contribution >= 0.6 is 0 Å². The minimum absolute atomic E-state index is 0.426. The third-order valence-corrected chi connectivity index (χ3v) is 6.27. The van der Waals surface area contributed by atoms with Gasteiger partial charge in [-0.2, -0.15) is 0 Å². The van der Waals surface area contributed by atoms with Gasteiger partial charge in [-0.1, -0.05) is 0 Å². The van der Waals surface area contributed by atoms with E-state index in [4.69, 9.17) is 4.99 Å². The van der Waals surface area contributed by atoms with E-state index in [2.05, 4.69) is 37.3 Å². The van der Waals surface area contributed by atoms with Gasteiger partial charge in [0.15, 0.2) is 0 Å². The van der Waals surface area contributed by atoms with Gasteiger partial charge in [0.1, 0.15) is 0 Å². The van der Waals surface area contributed by atoms with Gasteiger partial charge in [0.05, 0.1) is 0 Å². The first-order valence-electron chi connectivity index (χ1n) is 6.90. The Bertz CT molecular complexity index is 496. The molecule has 1 aromatic rings. The van der Waals surface area contributed by atoms with Gasteiger partial charge in [-0.25, -0.2) is 0 Å². The fraction of sp³-hybridized carbons (Fsp3) is 0.438. The van der Waals surface area contributed by atoms with Crippen molar-refractivity contribution in [3.63, 3.8) is 0 Å². The van der Waals surface area contributed by atoms with Gasteiger partial charge in [-0.05, 0) is 0 Å². The average molecular weight is 304 g/mol. The van der Waals surface area contributed by atoms with Crippen molar-refractivity contribution in [2.75, 3.05) is 0 Å². The standard InChI is InChI=1S/C16H19NSe/c1-2-15-13-10-6-7-11-14(13)16(18-15)17-12-8-4-3-5-9-12/h2,6-7,10-12H,3-5,8-9H2,1H3/b15-2-,17-16?. The molecule has 0 atom stereocenters. The van der Waals surface area contributed by atoms with Crippen molar-refractivity contribution in [2.24, 2.45) is 4.99 Å². The van der Waals surface area contributed by atoms with Crippen LogP contribution in [0.2, 0.25) is 0 Å². The van der Waals surface area contributed by atoms with Crippen molar-refractivity contribution >= 4 is 24.0 Å². The molecule has 0 aromatic heterocycles. The molecule has 2 aliphatic rings. The van der Waals surface area contributed by atoms with Gasteiger partial charge in [0.2, 0.25) is 0 Å². The molecular weight excluding hydrogens is 285 g/mol. The molecule has 0 N–H and O–H groups in total. The zero-order valence-electron chi connectivity index (χ0n) is 10.9. The van der Waals surface area contributed by atoms with E-state index in [0.29, 0.717) is 21.0 Å². The van der Waals surface area contributed by atoms with Crippen molar-refractivity contribution in [3.05, 3.63) is 41.5 Å². The predicted octanol–water partition coefficient (Wildman–Crippen LogP) is 3.84. The molecule has 94 valence electrons. The van der Waals surface area contributed by atoms with Crippen LogP contribution in [-0.2, 0) is 0 Å². The van der Waals surface area contributed by atoms with E-state index in [1.165, 1.54) is 52.3 Å². The van der Waals surface area contributed by atoms with Crippen molar-refractivity contribution in [3.8, 4) is 0 Å². The number of benzene rings is 1. The van der Waals surface area contributed by atoms with Gasteiger partial charge < -0.3 is 0 Å². The van der Waals surface area contributed by atoms with Crippen LogP contribution in [-0.4, -0.2) is 25.6 Å². The van der Waals surface area contributed by atoms with Crippen molar-refractivity contribution < 1.29 is 0 Å². The summed E-state index contributed by atoms with van der Waals surface area (Å²) in [5.41, 5.74) is 2.82. The molecule has 1 saturated carbocycles. The summed E-state index contributed by atoms with van der Waals surface area (Å²) in [6.07, 6.45) is 9.00. The SMILES string of the molecule is C/C=C1\[Se]C(=NC2CCCCC2)c2ccccc21. The second-order valence-electron chi connectivity index (χ2n) is 5.03. The summed E-state index contributed by atoms with van der Waals surface area (Å²) >= 11 is 0.426. The summed E-state index contributed by atoms with van der Waals surface area (Å²) in [6.45, 7) is 2.15. The Morgan fingerprint density at radius 3 is 2.56 bits per heavy atom. The van der Waals surface area contributed by atoms with Crippen LogP contribution in [0.4, 0.5) is 0 Å². The van der Waals surface area contributed by atoms with Crippen molar-refractivity contribution in [1.82, 2.24) is 0 Å². The second-order valence-corrected chi connectivity index (χ2v) is 7.19. The summed E-state index contributed by atoms with van der Waals surface area (Å²) < 4.78 is 2.89. The van der Waals surface area contributed by atoms with E-state index in [-0.39, 0.29) is 0 Å². The van der Waals surface area contributed by atoms with Gasteiger partial charge in [-0.3, -0.25) is 0 Å². The van der Waals surface area contributed by atoms with Gasteiger partial charge in [0, 0.05) is 0 Å². The Morgan fingerprint density at radius 2 is 1.83 bits per heavy atom. The quantitative estimate of drug-likeness (QED) is 0.699. The fourth-order valence-corrected chi connectivity index (χ4v) is 5.10. The summed E-state index contributed by atoms with van der Waals surface area (Å²) in [5.74, 6) is 0. The van der Waals surface area contributed by atoms with Crippen LogP contribution in [0.1, 0.15) is 50.2 Å². The van der Waals surface area contributed by atoms with Gasteiger partial charge in [0.25, 0.3) is 0 Å². The normalized spacial score (nSPS) is 24.7. The van der Waals surface area contributed by atoms with Crippen LogP contribution in [0.15, 0.2) is 35.3 Å². The average Bonchev–Trinajstić information content (AvgIpc) is 2.78. The third kappa shape index (κ3) is 2.32. The molecule has 0 bridgehead atoms. The molecule has 1 aliphatic heterocycles. The van der Waals surface area contributed by atoms with E-state index in [1.54, 1.807) is 0 Å². The zero-order valence-corrected chi connectivity index (χ0v) is 12.6. The molecule has 18 heavy (non-hydrogen) atoms. The van der Waals surface area contributed by atoms with Crippen LogP contribution in [0.3, 0.4) is 0 Å². The third-order valence-electron chi connectivity index (χ3n) is 3.77. The second kappa shape index (κ2) is 5.42. The molecule has 0 amide bonds. The van der Waals surface area contributed by atoms with E-state index in [0.717, 1.165) is 0 Å². The van der Waals surface area contributed by atoms with Gasteiger partial charge >= 0.3 is 116 Å². The van der Waals surface area contributed by atoms with E-state index in [9.17, 15) is 0 Å². The molecule has 0 radical (unpaired) electrons. The van der Waals surface area contributed by atoms with Crippen LogP contribution < -0.4 is 0 Å². The van der Waals surface area contributed by atoms with E-state index in [1.807, 2.05) is 0 Å². The Morgan fingerprint density at radius 1 is 1.11 bits per heavy atom. The molecule has 1 fully saturated rings. The van der Waals surface area contributed by atoms with E-state index >= 15 is 0 Å². The Hall–Kier alpha value is -0.851. The molecule has 1 aromatic carbocycles. The summed E-state index contributed by atoms with van der Waals surface area (Å²) in [7, 11) is 0. The first-order valence-corrected chi connectivity index (χ1v) is 8.61. The number of hydrogen-bond acceptors (Lipinski definition) is 1. The summed E-state index contributed by atoms with van der Waals surface area (Å²) in [5, 5.41) is 0. The van der Waals surface area contributed by atoms with Crippen LogP contribution in [0, 0.1) is 0 Å².